The van der Waals surface area contributed by atoms with Crippen molar-refractivity contribution in [3.05, 3.63) is 18.0 Å². The zero-order chi connectivity index (χ0) is 13.0. The molecule has 7 nitrogen and oxygen atoms in total. The van der Waals surface area contributed by atoms with Crippen LogP contribution >= 0.6 is 0 Å². The summed E-state index contributed by atoms with van der Waals surface area (Å²) >= 11 is 0. The highest BCUT2D eigenvalue weighted by atomic mass is 32.2. The van der Waals surface area contributed by atoms with Crippen LogP contribution in [0.4, 0.5) is 0 Å². The summed E-state index contributed by atoms with van der Waals surface area (Å²) in [6, 6.07) is 1.89. The first-order valence-corrected chi connectivity index (χ1v) is 7.46. The largest absolute Gasteiger partial charge is 0.314 e. The van der Waals surface area contributed by atoms with E-state index in [2.05, 4.69) is 15.1 Å². The Kier molecular flexibility index (Phi) is 4.33. The van der Waals surface area contributed by atoms with E-state index in [-0.39, 0.29) is 0 Å². The van der Waals surface area contributed by atoms with E-state index in [4.69, 9.17) is 0 Å². The molecule has 1 fully saturated rings. The Balaban J connectivity index is 1.81. The maximum atomic E-state index is 11.9. The molecule has 1 aromatic rings. The molecule has 2 N–H and O–H groups in total. The predicted octanol–water partition coefficient (Wildman–Crippen LogP) is -1.30. The van der Waals surface area contributed by atoms with Crippen molar-refractivity contribution in [1.29, 1.82) is 0 Å². The average molecular weight is 273 g/mol. The third-order valence-electron chi connectivity index (χ3n) is 2.85. The van der Waals surface area contributed by atoms with Crippen LogP contribution in [0, 0.1) is 0 Å². The van der Waals surface area contributed by atoms with E-state index in [1.54, 1.807) is 4.68 Å². The average Bonchev–Trinajstić information content (AvgIpc) is 2.76. The van der Waals surface area contributed by atoms with Gasteiger partial charge >= 0.3 is 0 Å². The smallest absolute Gasteiger partial charge is 0.279 e. The van der Waals surface area contributed by atoms with Gasteiger partial charge in [0.05, 0.1) is 5.69 Å². The second kappa shape index (κ2) is 5.79. The summed E-state index contributed by atoms with van der Waals surface area (Å²) in [5.74, 6) is 0. The zero-order valence-electron chi connectivity index (χ0n) is 10.5. The second-order valence-corrected chi connectivity index (χ2v) is 6.03. The first kappa shape index (κ1) is 13.5. The van der Waals surface area contributed by atoms with E-state index in [0.29, 0.717) is 39.1 Å². The number of aromatic nitrogens is 2. The molecule has 1 aliphatic rings. The molecule has 0 saturated carbocycles. The number of hydrogen-bond acceptors (Lipinski definition) is 4. The Bertz CT molecular complexity index is 478. The SMILES string of the molecule is Cn1ccc(CCNS(=O)(=O)N2CCNCC2)n1. The van der Waals surface area contributed by atoms with Gasteiger partial charge in [0.2, 0.25) is 0 Å². The summed E-state index contributed by atoms with van der Waals surface area (Å²) in [5.41, 5.74) is 0.889. The molecule has 8 heteroatoms. The molecule has 0 spiro atoms. The maximum Gasteiger partial charge on any atom is 0.279 e. The Morgan fingerprint density at radius 1 is 1.44 bits per heavy atom. The molecule has 2 heterocycles. The molecule has 1 saturated heterocycles. The van der Waals surface area contributed by atoms with Gasteiger partial charge in [-0.05, 0) is 6.07 Å². The number of piperazine rings is 1. The van der Waals surface area contributed by atoms with Gasteiger partial charge in [0.25, 0.3) is 10.2 Å². The Hall–Kier alpha value is -0.960. The number of nitrogens with zero attached hydrogens (tertiary/aromatic N) is 3. The van der Waals surface area contributed by atoms with Gasteiger partial charge in [0, 0.05) is 52.4 Å². The van der Waals surface area contributed by atoms with Crippen molar-refractivity contribution in [3.8, 4) is 0 Å². The summed E-state index contributed by atoms with van der Waals surface area (Å²) in [7, 11) is -1.50. The van der Waals surface area contributed by atoms with Crippen LogP contribution in [0.1, 0.15) is 5.69 Å². The van der Waals surface area contributed by atoms with Crippen LogP contribution in [0.25, 0.3) is 0 Å². The first-order valence-electron chi connectivity index (χ1n) is 6.02. The Labute approximate surface area is 107 Å². The fourth-order valence-corrected chi connectivity index (χ4v) is 3.09. The standard InChI is InChI=1S/C10H19N5O2S/c1-14-7-3-10(13-14)2-4-12-18(16,17)15-8-5-11-6-9-15/h3,7,11-12H,2,4-6,8-9H2,1H3. The molecule has 0 aromatic carbocycles. The minimum absolute atomic E-state index is 0.378. The van der Waals surface area contributed by atoms with E-state index in [9.17, 15) is 8.42 Å². The lowest BCUT2D eigenvalue weighted by Crippen LogP contribution is -2.50. The first-order chi connectivity index (χ1) is 8.58. The van der Waals surface area contributed by atoms with Crippen molar-refractivity contribution < 1.29 is 8.42 Å². The monoisotopic (exact) mass is 273 g/mol. The molecule has 2 rings (SSSR count). The van der Waals surface area contributed by atoms with Gasteiger partial charge in [0.1, 0.15) is 0 Å². The minimum atomic E-state index is -3.34. The Morgan fingerprint density at radius 3 is 2.78 bits per heavy atom. The van der Waals surface area contributed by atoms with E-state index in [1.165, 1.54) is 4.31 Å². The van der Waals surface area contributed by atoms with Crippen molar-refractivity contribution in [1.82, 2.24) is 24.1 Å². The van der Waals surface area contributed by atoms with Crippen LogP contribution in [0.15, 0.2) is 12.3 Å². The topological polar surface area (TPSA) is 79.3 Å². The molecule has 0 radical (unpaired) electrons. The van der Waals surface area contributed by atoms with Gasteiger partial charge in [-0.25, -0.2) is 4.72 Å². The van der Waals surface area contributed by atoms with E-state index < -0.39 is 10.2 Å². The predicted molar refractivity (Wildman–Crippen MR) is 68.3 cm³/mol. The quantitative estimate of drug-likeness (QED) is 0.699. The lowest BCUT2D eigenvalue weighted by atomic mass is 10.3. The summed E-state index contributed by atoms with van der Waals surface area (Å²) < 4.78 is 29.7. The molecule has 18 heavy (non-hydrogen) atoms. The third-order valence-corrected chi connectivity index (χ3v) is 4.46. The second-order valence-electron chi connectivity index (χ2n) is 4.28. The van der Waals surface area contributed by atoms with Gasteiger partial charge in [-0.15, -0.1) is 0 Å². The van der Waals surface area contributed by atoms with Gasteiger partial charge < -0.3 is 5.32 Å². The van der Waals surface area contributed by atoms with E-state index in [1.807, 2.05) is 19.3 Å². The summed E-state index contributed by atoms with van der Waals surface area (Å²) in [4.78, 5) is 0. The summed E-state index contributed by atoms with van der Waals surface area (Å²) in [6.45, 7) is 2.85. The minimum Gasteiger partial charge on any atom is -0.314 e. The van der Waals surface area contributed by atoms with Crippen molar-refractivity contribution in [3.63, 3.8) is 0 Å². The van der Waals surface area contributed by atoms with Crippen LogP contribution in [0.2, 0.25) is 0 Å². The third kappa shape index (κ3) is 3.52. The van der Waals surface area contributed by atoms with Crippen LogP contribution in [-0.2, 0) is 23.7 Å². The molecule has 0 bridgehead atoms. The highest BCUT2D eigenvalue weighted by Gasteiger charge is 2.22. The normalized spacial score (nSPS) is 18.1. The highest BCUT2D eigenvalue weighted by molar-refractivity contribution is 7.87. The van der Waals surface area contributed by atoms with Crippen LogP contribution in [0.5, 0.6) is 0 Å². The molecule has 0 atom stereocenters. The fourth-order valence-electron chi connectivity index (χ4n) is 1.88. The van der Waals surface area contributed by atoms with Crippen LogP contribution in [0.3, 0.4) is 0 Å². The highest BCUT2D eigenvalue weighted by Crippen LogP contribution is 2.00. The van der Waals surface area contributed by atoms with Crippen molar-refractivity contribution in [2.75, 3.05) is 32.7 Å². The number of nitrogens with one attached hydrogen (secondary N) is 2. The van der Waals surface area contributed by atoms with Gasteiger partial charge in [-0.1, -0.05) is 0 Å². The molecule has 1 aromatic heterocycles. The number of rotatable bonds is 5. The van der Waals surface area contributed by atoms with E-state index >= 15 is 0 Å². The molecule has 0 amide bonds. The summed E-state index contributed by atoms with van der Waals surface area (Å²) in [6.07, 6.45) is 2.45. The number of aryl methyl sites for hydroxylation is 1. The molecule has 1 aliphatic heterocycles. The lowest BCUT2D eigenvalue weighted by molar-refractivity contribution is 0.355. The zero-order valence-corrected chi connectivity index (χ0v) is 11.3. The molecule has 102 valence electrons. The number of hydrogen-bond donors (Lipinski definition) is 2. The fraction of sp³-hybridized carbons (Fsp3) is 0.700. The van der Waals surface area contributed by atoms with Gasteiger partial charge in [-0.3, -0.25) is 4.68 Å². The van der Waals surface area contributed by atoms with Crippen LogP contribution in [-0.4, -0.2) is 55.2 Å². The molecule has 0 unspecified atom stereocenters. The van der Waals surface area contributed by atoms with Crippen molar-refractivity contribution in [2.45, 2.75) is 6.42 Å². The van der Waals surface area contributed by atoms with Crippen molar-refractivity contribution >= 4 is 10.2 Å². The van der Waals surface area contributed by atoms with Gasteiger partial charge in [0.15, 0.2) is 0 Å². The van der Waals surface area contributed by atoms with Crippen LogP contribution < -0.4 is 10.0 Å². The molecule has 0 aliphatic carbocycles. The lowest BCUT2D eigenvalue weighted by Gasteiger charge is -2.26. The molecular weight excluding hydrogens is 254 g/mol. The summed E-state index contributed by atoms with van der Waals surface area (Å²) in [5, 5.41) is 7.33. The van der Waals surface area contributed by atoms with Crippen molar-refractivity contribution in [2.24, 2.45) is 7.05 Å². The van der Waals surface area contributed by atoms with E-state index in [0.717, 1.165) is 5.69 Å². The Morgan fingerprint density at radius 2 is 2.17 bits per heavy atom. The molecular formula is C10H19N5O2S. The maximum absolute atomic E-state index is 11.9. The van der Waals surface area contributed by atoms with Gasteiger partial charge in [-0.2, -0.15) is 17.8 Å².